The fourth-order valence-electron chi connectivity index (χ4n) is 1.97. The van der Waals surface area contributed by atoms with Gasteiger partial charge in [-0.2, -0.15) is 0 Å². The van der Waals surface area contributed by atoms with E-state index in [0.29, 0.717) is 0 Å². The summed E-state index contributed by atoms with van der Waals surface area (Å²) in [5.74, 6) is 0.0504. The summed E-state index contributed by atoms with van der Waals surface area (Å²) in [6, 6.07) is 1.93. The maximum atomic E-state index is 11.8. The molecule has 0 aromatic carbocycles. The second-order valence-corrected chi connectivity index (χ2v) is 7.15. The van der Waals surface area contributed by atoms with Crippen molar-refractivity contribution >= 4 is 52.2 Å². The predicted octanol–water partition coefficient (Wildman–Crippen LogP) is 1.80. The molecule has 0 spiro atoms. The summed E-state index contributed by atoms with van der Waals surface area (Å²) in [5.41, 5.74) is 0.784. The van der Waals surface area contributed by atoms with E-state index in [2.05, 4.69) is 38.1 Å². The van der Waals surface area contributed by atoms with Crippen LogP contribution in [0.25, 0.3) is 0 Å². The van der Waals surface area contributed by atoms with Gasteiger partial charge in [-0.25, -0.2) is 0 Å². The molecule has 2 rings (SSSR count). The van der Waals surface area contributed by atoms with E-state index in [4.69, 9.17) is 0 Å². The van der Waals surface area contributed by atoms with Crippen molar-refractivity contribution in [2.75, 3.05) is 39.3 Å². The fourth-order valence-corrected chi connectivity index (χ4v) is 3.30. The van der Waals surface area contributed by atoms with Gasteiger partial charge in [0.1, 0.15) is 0 Å². The average Bonchev–Trinajstić information content (AvgIpc) is 2.82. The Morgan fingerprint density at radius 2 is 2.21 bits per heavy atom. The van der Waals surface area contributed by atoms with Gasteiger partial charge in [0.25, 0.3) is 5.91 Å². The van der Waals surface area contributed by atoms with E-state index in [0.717, 1.165) is 54.1 Å². The normalized spacial score (nSPS) is 15.8. The zero-order valence-electron chi connectivity index (χ0n) is 10.7. The van der Waals surface area contributed by atoms with Crippen molar-refractivity contribution in [3.63, 3.8) is 0 Å². The Balaban J connectivity index is 0.00000180. The Kier molecular flexibility index (Phi) is 8.24. The molecule has 1 aliphatic heterocycles. The van der Waals surface area contributed by atoms with Crippen molar-refractivity contribution in [2.45, 2.75) is 6.42 Å². The van der Waals surface area contributed by atoms with Gasteiger partial charge < -0.3 is 15.5 Å². The largest absolute Gasteiger partial charge is 0.352 e. The summed E-state index contributed by atoms with van der Waals surface area (Å²) in [5, 5.41) is 8.22. The summed E-state index contributed by atoms with van der Waals surface area (Å²) in [6.07, 6.45) is 1.02. The third-order valence-electron chi connectivity index (χ3n) is 2.98. The molecular weight excluding hydrogens is 397 g/mol. The number of rotatable bonds is 5. The molecule has 7 heteroatoms. The Hall–Kier alpha value is 0.110. The van der Waals surface area contributed by atoms with Crippen LogP contribution in [0, 0.1) is 2.88 Å². The van der Waals surface area contributed by atoms with Crippen molar-refractivity contribution in [1.29, 1.82) is 0 Å². The number of carbonyl (C=O) groups excluding carboxylic acids is 1. The van der Waals surface area contributed by atoms with Crippen LogP contribution in [0.4, 0.5) is 0 Å². The summed E-state index contributed by atoms with van der Waals surface area (Å²) in [4.78, 5) is 14.2. The number of piperazine rings is 1. The van der Waals surface area contributed by atoms with Gasteiger partial charge in [0.2, 0.25) is 0 Å². The first kappa shape index (κ1) is 17.2. The van der Waals surface area contributed by atoms with Crippen LogP contribution in [0.15, 0.2) is 11.4 Å². The number of nitrogens with zero attached hydrogens (tertiary/aromatic N) is 1. The maximum absolute atomic E-state index is 11.8. The van der Waals surface area contributed by atoms with Crippen LogP contribution >= 0.6 is 46.3 Å². The number of amides is 1. The van der Waals surface area contributed by atoms with Crippen LogP contribution in [0.5, 0.6) is 0 Å². The zero-order chi connectivity index (χ0) is 12.8. The Morgan fingerprint density at radius 1 is 1.47 bits per heavy atom. The van der Waals surface area contributed by atoms with Gasteiger partial charge in [0.15, 0.2) is 0 Å². The second kappa shape index (κ2) is 9.12. The van der Waals surface area contributed by atoms with Gasteiger partial charge in [-0.1, -0.05) is 0 Å². The number of hydrogen-bond acceptors (Lipinski definition) is 4. The lowest BCUT2D eigenvalue weighted by atomic mass is 10.3. The molecule has 2 N–H and O–H groups in total. The topological polar surface area (TPSA) is 44.4 Å². The number of hydrogen-bond donors (Lipinski definition) is 2. The molecular formula is C12H19ClIN3OS. The predicted molar refractivity (Wildman–Crippen MR) is 90.5 cm³/mol. The van der Waals surface area contributed by atoms with Crippen LogP contribution in [0.3, 0.4) is 0 Å². The molecule has 0 unspecified atom stereocenters. The molecule has 1 saturated heterocycles. The van der Waals surface area contributed by atoms with Crippen molar-refractivity contribution < 1.29 is 4.79 Å². The second-order valence-electron chi connectivity index (χ2n) is 4.34. The maximum Gasteiger partial charge on any atom is 0.252 e. The molecule has 0 aliphatic carbocycles. The first-order chi connectivity index (χ1) is 8.75. The van der Waals surface area contributed by atoms with Gasteiger partial charge in [-0.05, 0) is 41.6 Å². The molecule has 4 nitrogen and oxygen atoms in total. The van der Waals surface area contributed by atoms with Crippen molar-refractivity contribution in [3.8, 4) is 0 Å². The molecule has 1 aromatic heterocycles. The Morgan fingerprint density at radius 3 is 2.84 bits per heavy atom. The van der Waals surface area contributed by atoms with Crippen molar-refractivity contribution in [1.82, 2.24) is 15.5 Å². The summed E-state index contributed by atoms with van der Waals surface area (Å²) in [7, 11) is 0. The van der Waals surface area contributed by atoms with E-state index < -0.39 is 0 Å². The fraction of sp³-hybridized carbons (Fsp3) is 0.583. The molecule has 1 fully saturated rings. The van der Waals surface area contributed by atoms with Crippen LogP contribution in [-0.4, -0.2) is 50.1 Å². The number of nitrogens with one attached hydrogen (secondary N) is 2. The summed E-state index contributed by atoms with van der Waals surface area (Å²) in [6.45, 7) is 6.24. The van der Waals surface area contributed by atoms with Crippen LogP contribution < -0.4 is 10.6 Å². The quantitative estimate of drug-likeness (QED) is 0.569. The van der Waals surface area contributed by atoms with E-state index in [9.17, 15) is 4.79 Å². The zero-order valence-corrected chi connectivity index (χ0v) is 14.4. The Bertz CT molecular complexity index is 396. The lowest BCUT2D eigenvalue weighted by Crippen LogP contribution is -2.44. The molecule has 2 heterocycles. The van der Waals surface area contributed by atoms with E-state index >= 15 is 0 Å². The van der Waals surface area contributed by atoms with Gasteiger partial charge >= 0.3 is 0 Å². The molecule has 1 amide bonds. The van der Waals surface area contributed by atoms with Gasteiger partial charge in [0.05, 0.1) is 8.45 Å². The lowest BCUT2D eigenvalue weighted by molar-refractivity contribution is 0.0951. The first-order valence-electron chi connectivity index (χ1n) is 6.21. The van der Waals surface area contributed by atoms with Gasteiger partial charge in [0, 0.05) is 38.1 Å². The third-order valence-corrected chi connectivity index (χ3v) is 4.76. The number of carbonyl (C=O) groups is 1. The van der Waals surface area contributed by atoms with E-state index in [1.165, 1.54) is 0 Å². The van der Waals surface area contributed by atoms with Crippen LogP contribution in [-0.2, 0) is 0 Å². The minimum absolute atomic E-state index is 0. The van der Waals surface area contributed by atoms with Crippen LogP contribution in [0.1, 0.15) is 16.8 Å². The highest BCUT2D eigenvalue weighted by Gasteiger charge is 2.10. The smallest absolute Gasteiger partial charge is 0.252 e. The van der Waals surface area contributed by atoms with Crippen LogP contribution in [0.2, 0.25) is 0 Å². The molecule has 0 radical (unpaired) electrons. The summed E-state index contributed by atoms with van der Waals surface area (Å²) >= 11 is 3.84. The van der Waals surface area contributed by atoms with E-state index in [1.807, 2.05) is 11.4 Å². The van der Waals surface area contributed by atoms with Gasteiger partial charge in [-0.15, -0.1) is 23.7 Å². The first-order valence-corrected chi connectivity index (χ1v) is 8.17. The molecule has 0 atom stereocenters. The molecule has 0 bridgehead atoms. The molecule has 0 saturated carbocycles. The molecule has 108 valence electrons. The van der Waals surface area contributed by atoms with E-state index in [1.54, 1.807) is 11.3 Å². The van der Waals surface area contributed by atoms with Crippen molar-refractivity contribution in [2.24, 2.45) is 0 Å². The lowest BCUT2D eigenvalue weighted by Gasteiger charge is -2.27. The highest BCUT2D eigenvalue weighted by molar-refractivity contribution is 14.1. The SMILES string of the molecule is Cl.O=C(NCCCN1CCNCC1)c1csc(I)c1. The highest BCUT2D eigenvalue weighted by atomic mass is 127. The molecule has 1 aromatic rings. The highest BCUT2D eigenvalue weighted by Crippen LogP contribution is 2.16. The summed E-state index contributed by atoms with van der Waals surface area (Å²) < 4.78 is 1.15. The molecule has 1 aliphatic rings. The Labute approximate surface area is 137 Å². The molecule has 19 heavy (non-hydrogen) atoms. The standard InChI is InChI=1S/C12H18IN3OS.ClH/c13-11-8-10(9-18-11)12(17)15-2-1-5-16-6-3-14-4-7-16;/h8-9,14H,1-7H2,(H,15,17);1H. The average molecular weight is 416 g/mol. The monoisotopic (exact) mass is 415 g/mol. The minimum atomic E-state index is 0. The number of halogens is 2. The van der Waals surface area contributed by atoms with E-state index in [-0.39, 0.29) is 18.3 Å². The third kappa shape index (κ3) is 5.95. The minimum Gasteiger partial charge on any atom is -0.352 e. The van der Waals surface area contributed by atoms with Gasteiger partial charge in [-0.3, -0.25) is 4.79 Å². The number of thiophene rings is 1. The van der Waals surface area contributed by atoms with Crippen molar-refractivity contribution in [3.05, 3.63) is 19.9 Å².